The van der Waals surface area contributed by atoms with E-state index in [-0.39, 0.29) is 5.91 Å². The third-order valence-electron chi connectivity index (χ3n) is 3.18. The smallest absolute Gasteiger partial charge is 0.224 e. The molecule has 0 aromatic carbocycles. The van der Waals surface area contributed by atoms with Gasteiger partial charge >= 0.3 is 0 Å². The first kappa shape index (κ1) is 15.4. The molecular formula is C14H22N2O3S. The summed E-state index contributed by atoms with van der Waals surface area (Å²) in [6.07, 6.45) is 2.58. The summed E-state index contributed by atoms with van der Waals surface area (Å²) in [5.41, 5.74) is 0. The van der Waals surface area contributed by atoms with E-state index < -0.39 is 0 Å². The predicted octanol–water partition coefficient (Wildman–Crippen LogP) is 1.48. The van der Waals surface area contributed by atoms with Gasteiger partial charge in [-0.25, -0.2) is 0 Å². The first-order valence-corrected chi connectivity index (χ1v) is 8.32. The maximum atomic E-state index is 11.9. The zero-order valence-corrected chi connectivity index (χ0v) is 12.7. The molecule has 1 fully saturated rings. The number of morpholine rings is 1. The van der Waals surface area contributed by atoms with E-state index in [1.165, 1.54) is 0 Å². The van der Waals surface area contributed by atoms with Crippen molar-refractivity contribution in [2.24, 2.45) is 0 Å². The fourth-order valence-electron chi connectivity index (χ4n) is 2.11. The topological polar surface area (TPSA) is 54.7 Å². The van der Waals surface area contributed by atoms with E-state index in [1.807, 2.05) is 17.0 Å². The molecule has 1 aromatic heterocycles. The van der Waals surface area contributed by atoms with Crippen molar-refractivity contribution in [2.45, 2.75) is 18.7 Å². The summed E-state index contributed by atoms with van der Waals surface area (Å²) in [5.74, 6) is 3.02. The van der Waals surface area contributed by atoms with Gasteiger partial charge in [0, 0.05) is 26.1 Å². The molecule has 1 aliphatic rings. The van der Waals surface area contributed by atoms with E-state index in [9.17, 15) is 4.79 Å². The molecule has 0 saturated carbocycles. The van der Waals surface area contributed by atoms with E-state index in [0.29, 0.717) is 32.7 Å². The van der Waals surface area contributed by atoms with Gasteiger partial charge < -0.3 is 19.4 Å². The van der Waals surface area contributed by atoms with Crippen LogP contribution in [0.5, 0.6) is 0 Å². The van der Waals surface area contributed by atoms with Crippen LogP contribution in [0.25, 0.3) is 0 Å². The fourth-order valence-corrected chi connectivity index (χ4v) is 2.55. The highest BCUT2D eigenvalue weighted by molar-refractivity contribution is 7.97. The largest absolute Gasteiger partial charge is 0.464 e. The average molecular weight is 298 g/mol. The van der Waals surface area contributed by atoms with Gasteiger partial charge in [0.15, 0.2) is 0 Å². The van der Waals surface area contributed by atoms with Crippen LogP contribution in [0.4, 0.5) is 0 Å². The molecule has 1 saturated heterocycles. The van der Waals surface area contributed by atoms with Gasteiger partial charge in [-0.1, -0.05) is 0 Å². The molecule has 1 aromatic rings. The van der Waals surface area contributed by atoms with Crippen molar-refractivity contribution in [3.8, 4) is 0 Å². The van der Waals surface area contributed by atoms with E-state index >= 15 is 0 Å². The molecule has 0 aliphatic carbocycles. The minimum atomic E-state index is 0.198. The average Bonchev–Trinajstić information content (AvgIpc) is 2.92. The molecule has 2 rings (SSSR count). The Kier molecular flexibility index (Phi) is 6.42. The maximum absolute atomic E-state index is 11.9. The number of nitrogens with one attached hydrogen (secondary N) is 1. The summed E-state index contributed by atoms with van der Waals surface area (Å²) >= 11 is 1.74. The van der Waals surface area contributed by atoms with Gasteiger partial charge in [0.25, 0.3) is 0 Å². The molecule has 0 bridgehead atoms. The molecule has 1 N–H and O–H groups in total. The van der Waals surface area contributed by atoms with Crippen molar-refractivity contribution in [1.82, 2.24) is 10.2 Å². The highest BCUT2D eigenvalue weighted by Gasteiger charge is 2.15. The van der Waals surface area contributed by atoms with Crippen molar-refractivity contribution in [1.29, 1.82) is 0 Å². The number of carbonyl (C=O) groups is 1. The molecule has 5 nitrogen and oxygen atoms in total. The zero-order valence-electron chi connectivity index (χ0n) is 11.9. The standard InChI is InChI=1S/C14H22N2O3S/c1-20-11-13-3-2-12(19-13)10-15-5-4-14(17)16-6-8-18-9-7-16/h2-3,15H,4-11H2,1H3. The maximum Gasteiger partial charge on any atom is 0.224 e. The third-order valence-corrected chi connectivity index (χ3v) is 3.76. The lowest BCUT2D eigenvalue weighted by molar-refractivity contribution is -0.135. The number of carbonyl (C=O) groups excluding carboxylic acids is 1. The highest BCUT2D eigenvalue weighted by atomic mass is 32.2. The number of rotatable bonds is 7. The van der Waals surface area contributed by atoms with Gasteiger partial charge in [0.05, 0.1) is 25.5 Å². The van der Waals surface area contributed by atoms with Gasteiger partial charge in [-0.2, -0.15) is 11.8 Å². The minimum Gasteiger partial charge on any atom is -0.464 e. The van der Waals surface area contributed by atoms with Gasteiger partial charge in [-0.15, -0.1) is 0 Å². The first-order chi connectivity index (χ1) is 9.79. The van der Waals surface area contributed by atoms with Crippen molar-refractivity contribution < 1.29 is 13.9 Å². The van der Waals surface area contributed by atoms with Gasteiger partial charge in [-0.3, -0.25) is 4.79 Å². The monoisotopic (exact) mass is 298 g/mol. The van der Waals surface area contributed by atoms with E-state index in [4.69, 9.17) is 9.15 Å². The summed E-state index contributed by atoms with van der Waals surface area (Å²) in [4.78, 5) is 13.8. The third kappa shape index (κ3) is 4.85. The van der Waals surface area contributed by atoms with Crippen LogP contribution in [0.2, 0.25) is 0 Å². The summed E-state index contributed by atoms with van der Waals surface area (Å²) in [7, 11) is 0. The van der Waals surface area contributed by atoms with Crippen molar-refractivity contribution >= 4 is 17.7 Å². The van der Waals surface area contributed by atoms with Crippen molar-refractivity contribution in [3.05, 3.63) is 23.7 Å². The molecule has 20 heavy (non-hydrogen) atoms. The van der Waals surface area contributed by atoms with Crippen LogP contribution in [0, 0.1) is 0 Å². The number of furan rings is 1. The van der Waals surface area contributed by atoms with Crippen molar-refractivity contribution in [2.75, 3.05) is 39.1 Å². The van der Waals surface area contributed by atoms with Crippen LogP contribution in [-0.2, 0) is 21.8 Å². The normalized spacial score (nSPS) is 15.6. The molecule has 0 atom stereocenters. The Morgan fingerprint density at radius 3 is 2.85 bits per heavy atom. The quantitative estimate of drug-likeness (QED) is 0.773. The van der Waals surface area contributed by atoms with E-state index in [1.54, 1.807) is 11.8 Å². The minimum absolute atomic E-state index is 0.198. The molecule has 2 heterocycles. The second kappa shape index (κ2) is 8.34. The van der Waals surface area contributed by atoms with Crippen molar-refractivity contribution in [3.63, 3.8) is 0 Å². The van der Waals surface area contributed by atoms with Crippen LogP contribution >= 0.6 is 11.8 Å². The molecule has 6 heteroatoms. The Hall–Kier alpha value is -0.980. The summed E-state index contributed by atoms with van der Waals surface area (Å²) in [6, 6.07) is 3.99. The Morgan fingerprint density at radius 1 is 1.35 bits per heavy atom. The van der Waals surface area contributed by atoms with Crippen LogP contribution in [0.3, 0.4) is 0 Å². The number of hydrogen-bond acceptors (Lipinski definition) is 5. The zero-order chi connectivity index (χ0) is 14.2. The van der Waals surface area contributed by atoms with Crippen LogP contribution < -0.4 is 5.32 Å². The molecule has 112 valence electrons. The molecule has 0 radical (unpaired) electrons. The SMILES string of the molecule is CSCc1ccc(CNCCC(=O)N2CCOCC2)o1. The van der Waals surface area contributed by atoms with E-state index in [0.717, 1.165) is 30.4 Å². The Balaban J connectivity index is 1.61. The Labute approximate surface area is 124 Å². The predicted molar refractivity (Wildman–Crippen MR) is 79.6 cm³/mol. The van der Waals surface area contributed by atoms with Gasteiger partial charge in [0.2, 0.25) is 5.91 Å². The summed E-state index contributed by atoms with van der Waals surface area (Å²) < 4.78 is 10.9. The molecule has 0 unspecified atom stereocenters. The number of nitrogens with zero attached hydrogens (tertiary/aromatic N) is 1. The van der Waals surface area contributed by atoms with Crippen LogP contribution in [0.1, 0.15) is 17.9 Å². The number of hydrogen-bond donors (Lipinski definition) is 1. The van der Waals surface area contributed by atoms with Crippen LogP contribution in [0.15, 0.2) is 16.5 Å². The number of ether oxygens (including phenoxy) is 1. The Bertz CT molecular complexity index is 416. The molecule has 1 aliphatic heterocycles. The summed E-state index contributed by atoms with van der Waals surface area (Å²) in [6.45, 7) is 4.09. The highest BCUT2D eigenvalue weighted by Crippen LogP contribution is 2.13. The fraction of sp³-hybridized carbons (Fsp3) is 0.643. The van der Waals surface area contributed by atoms with Crippen LogP contribution in [-0.4, -0.2) is 49.9 Å². The molecule has 1 amide bonds. The van der Waals surface area contributed by atoms with E-state index in [2.05, 4.69) is 11.6 Å². The second-order valence-corrected chi connectivity index (χ2v) is 5.59. The lowest BCUT2D eigenvalue weighted by Crippen LogP contribution is -2.41. The van der Waals surface area contributed by atoms with Gasteiger partial charge in [-0.05, 0) is 18.4 Å². The summed E-state index contributed by atoms with van der Waals surface area (Å²) in [5, 5.41) is 3.25. The lowest BCUT2D eigenvalue weighted by Gasteiger charge is -2.26. The second-order valence-electron chi connectivity index (χ2n) is 4.72. The molecular weight excluding hydrogens is 276 g/mol. The first-order valence-electron chi connectivity index (χ1n) is 6.92. The number of thioether (sulfide) groups is 1. The lowest BCUT2D eigenvalue weighted by atomic mass is 10.3. The molecule has 0 spiro atoms. The Morgan fingerprint density at radius 2 is 2.10 bits per heavy atom. The van der Waals surface area contributed by atoms with Gasteiger partial charge in [0.1, 0.15) is 11.5 Å². The number of amides is 1.